The van der Waals surface area contributed by atoms with Crippen molar-refractivity contribution in [2.75, 3.05) is 18.6 Å². The van der Waals surface area contributed by atoms with E-state index in [-0.39, 0.29) is 42.1 Å². The zero-order valence-corrected chi connectivity index (χ0v) is 24.7. The number of aromatic hydroxyl groups is 1. The summed E-state index contributed by atoms with van der Waals surface area (Å²) in [6, 6.07) is 18.5. The van der Waals surface area contributed by atoms with Crippen LogP contribution in [0.15, 0.2) is 66.7 Å². The molecule has 12 heteroatoms. The minimum absolute atomic E-state index is 0.00684. The highest BCUT2D eigenvalue weighted by Gasteiger charge is 2.67. The summed E-state index contributed by atoms with van der Waals surface area (Å²) in [5.74, 6) is -4.79. The van der Waals surface area contributed by atoms with Gasteiger partial charge in [0.15, 0.2) is 17.3 Å². The monoisotopic (exact) mass is 685 g/mol. The molecular formula is C30H29BINO9. The van der Waals surface area contributed by atoms with E-state index in [1.54, 1.807) is 36.4 Å². The fraction of sp³-hybridized carbons (Fsp3) is 0.333. The van der Waals surface area contributed by atoms with Crippen molar-refractivity contribution in [1.29, 1.82) is 0 Å². The van der Waals surface area contributed by atoms with E-state index in [4.69, 9.17) is 14.2 Å². The summed E-state index contributed by atoms with van der Waals surface area (Å²) in [4.78, 5) is 28.9. The number of methoxy groups -OCH3 is 1. The average Bonchev–Trinajstić information content (AvgIpc) is 3.47. The topological polar surface area (TPSA) is 146 Å². The maximum atomic E-state index is 14.0. The first-order chi connectivity index (χ1) is 20.1. The molecule has 0 aromatic heterocycles. The van der Waals surface area contributed by atoms with Crippen LogP contribution in [0.1, 0.15) is 24.5 Å². The quantitative estimate of drug-likeness (QED) is 0.167. The van der Waals surface area contributed by atoms with Gasteiger partial charge >= 0.3 is 7.12 Å². The SMILES string of the molecule is COc1cc([C@@H]2C[C@H]3[C@H]4C(=O)N(c5cccc(B(O)O)c5)C(=O)[C@H]4C[C@H](COc4ccccc4)[C@@]3(O)O2)cc(I)c1O. The molecule has 2 amide bonds. The average molecular weight is 685 g/mol. The Kier molecular flexibility index (Phi) is 7.68. The predicted molar refractivity (Wildman–Crippen MR) is 160 cm³/mol. The molecule has 6 atom stereocenters. The summed E-state index contributed by atoms with van der Waals surface area (Å²) >= 11 is 1.99. The Bertz CT molecular complexity index is 1520. The lowest BCUT2D eigenvalue weighted by molar-refractivity contribution is -0.272. The molecule has 0 unspecified atom stereocenters. The maximum Gasteiger partial charge on any atom is 0.488 e. The highest BCUT2D eigenvalue weighted by Crippen LogP contribution is 2.59. The number of benzene rings is 3. The van der Waals surface area contributed by atoms with Crippen LogP contribution in [0.5, 0.6) is 17.2 Å². The third-order valence-electron chi connectivity index (χ3n) is 8.63. The zero-order chi connectivity index (χ0) is 29.8. The Morgan fingerprint density at radius 3 is 2.52 bits per heavy atom. The molecule has 1 saturated carbocycles. The fourth-order valence-electron chi connectivity index (χ4n) is 6.61. The molecule has 4 N–H and O–H groups in total. The first-order valence-electron chi connectivity index (χ1n) is 13.6. The molecule has 2 heterocycles. The number of aliphatic hydroxyl groups is 1. The molecule has 218 valence electrons. The van der Waals surface area contributed by atoms with Gasteiger partial charge in [-0.15, -0.1) is 0 Å². The Morgan fingerprint density at radius 1 is 1.05 bits per heavy atom. The molecule has 3 fully saturated rings. The molecule has 1 aliphatic carbocycles. The second-order valence-corrected chi connectivity index (χ2v) is 12.1. The summed E-state index contributed by atoms with van der Waals surface area (Å²) in [6.45, 7) is 0.0526. The largest absolute Gasteiger partial charge is 0.504 e. The summed E-state index contributed by atoms with van der Waals surface area (Å²) < 4.78 is 18.3. The highest BCUT2D eigenvalue weighted by atomic mass is 127. The smallest absolute Gasteiger partial charge is 0.488 e. The summed E-state index contributed by atoms with van der Waals surface area (Å²) in [7, 11) is -0.319. The summed E-state index contributed by atoms with van der Waals surface area (Å²) in [5.41, 5.74) is 1.04. The van der Waals surface area contributed by atoms with Gasteiger partial charge in [0, 0.05) is 11.8 Å². The zero-order valence-electron chi connectivity index (χ0n) is 22.6. The molecule has 3 aromatic carbocycles. The Morgan fingerprint density at radius 2 is 1.81 bits per heavy atom. The second kappa shape index (κ2) is 11.2. The standard InChI is InChI=1S/C30H29BINO9/c1-40-25-11-16(10-23(32)27(25)34)24-14-22-26-21(12-17(30(22,37)42-24)15-41-20-8-3-2-4-9-20)28(35)33(29(26)36)19-7-5-6-18(13-19)31(38)39/h2-11,13,17,21-22,24,26,34,37-39H,12,14-15H2,1H3/t17-,21+,22+,24+,26+,30-/m1/s1. The van der Waals surface area contributed by atoms with E-state index >= 15 is 0 Å². The molecule has 0 radical (unpaired) electrons. The normalized spacial score (nSPS) is 28.4. The van der Waals surface area contributed by atoms with Crippen molar-refractivity contribution in [2.24, 2.45) is 23.7 Å². The highest BCUT2D eigenvalue weighted by molar-refractivity contribution is 14.1. The van der Waals surface area contributed by atoms with Crippen LogP contribution in [-0.4, -0.2) is 58.7 Å². The molecule has 0 spiro atoms. The van der Waals surface area contributed by atoms with Gasteiger partial charge in [0.1, 0.15) is 5.75 Å². The number of carbonyl (C=O) groups excluding carboxylic acids is 2. The first kappa shape index (κ1) is 28.9. The van der Waals surface area contributed by atoms with Crippen molar-refractivity contribution in [3.8, 4) is 17.2 Å². The Labute approximate surface area is 256 Å². The van der Waals surface area contributed by atoms with Crippen molar-refractivity contribution >= 4 is 52.7 Å². The number of rotatable bonds is 7. The fourth-order valence-corrected chi connectivity index (χ4v) is 7.24. The van der Waals surface area contributed by atoms with Crippen LogP contribution in [0, 0.1) is 27.2 Å². The van der Waals surface area contributed by atoms with E-state index in [9.17, 15) is 29.9 Å². The van der Waals surface area contributed by atoms with Crippen molar-refractivity contribution in [2.45, 2.75) is 24.7 Å². The van der Waals surface area contributed by atoms with Gasteiger partial charge in [0.2, 0.25) is 11.8 Å². The number of phenolic OH excluding ortho intramolecular Hbond substituents is 1. The lowest BCUT2D eigenvalue weighted by Crippen LogP contribution is -2.55. The lowest BCUT2D eigenvalue weighted by Gasteiger charge is -2.44. The molecule has 2 saturated heterocycles. The van der Waals surface area contributed by atoms with Crippen molar-refractivity contribution in [3.05, 3.63) is 75.9 Å². The van der Waals surface area contributed by atoms with Crippen LogP contribution in [0.2, 0.25) is 0 Å². The van der Waals surface area contributed by atoms with E-state index in [0.717, 1.165) is 4.90 Å². The van der Waals surface area contributed by atoms with E-state index in [1.807, 2.05) is 40.8 Å². The second-order valence-electron chi connectivity index (χ2n) is 10.9. The number of fused-ring (bicyclic) bond motifs is 3. The number of ether oxygens (including phenoxy) is 3. The molecule has 10 nitrogen and oxygen atoms in total. The maximum absolute atomic E-state index is 14.0. The molecule has 0 bridgehead atoms. The third-order valence-corrected chi connectivity index (χ3v) is 9.45. The van der Waals surface area contributed by atoms with Gasteiger partial charge in [0.05, 0.1) is 40.9 Å². The minimum atomic E-state index is -1.79. The van der Waals surface area contributed by atoms with E-state index in [2.05, 4.69) is 0 Å². The summed E-state index contributed by atoms with van der Waals surface area (Å²) in [6.07, 6.45) is -0.256. The van der Waals surface area contributed by atoms with E-state index < -0.39 is 54.5 Å². The Hall–Kier alpha value is -3.17. The van der Waals surface area contributed by atoms with Crippen LogP contribution in [-0.2, 0) is 14.3 Å². The summed E-state index contributed by atoms with van der Waals surface area (Å²) in [5, 5.41) is 41.9. The van der Waals surface area contributed by atoms with Crippen molar-refractivity contribution in [1.82, 2.24) is 0 Å². The van der Waals surface area contributed by atoms with Crippen LogP contribution < -0.4 is 19.8 Å². The van der Waals surface area contributed by atoms with Gasteiger partial charge in [0.25, 0.3) is 0 Å². The van der Waals surface area contributed by atoms with Gasteiger partial charge in [-0.1, -0.05) is 30.3 Å². The van der Waals surface area contributed by atoms with Crippen LogP contribution in [0.3, 0.4) is 0 Å². The van der Waals surface area contributed by atoms with Crippen LogP contribution in [0.4, 0.5) is 5.69 Å². The first-order valence-corrected chi connectivity index (χ1v) is 14.7. The molecule has 6 rings (SSSR count). The molecule has 3 aliphatic rings. The van der Waals surface area contributed by atoms with E-state index in [1.165, 1.54) is 19.2 Å². The van der Waals surface area contributed by atoms with Gasteiger partial charge in [-0.2, -0.15) is 0 Å². The molecule has 42 heavy (non-hydrogen) atoms. The molecule has 3 aromatic rings. The van der Waals surface area contributed by atoms with Gasteiger partial charge in [-0.25, -0.2) is 0 Å². The van der Waals surface area contributed by atoms with Gasteiger partial charge < -0.3 is 34.5 Å². The van der Waals surface area contributed by atoms with Crippen LogP contribution in [0.25, 0.3) is 0 Å². The number of amides is 2. The number of phenols is 1. The number of hydrogen-bond acceptors (Lipinski definition) is 9. The van der Waals surface area contributed by atoms with Crippen molar-refractivity contribution in [3.63, 3.8) is 0 Å². The lowest BCUT2D eigenvalue weighted by atomic mass is 9.64. The number of nitrogens with zero attached hydrogens (tertiary/aromatic N) is 1. The van der Waals surface area contributed by atoms with E-state index in [0.29, 0.717) is 14.9 Å². The van der Waals surface area contributed by atoms with Gasteiger partial charge in [-0.05, 0) is 82.9 Å². The number of imide groups is 1. The van der Waals surface area contributed by atoms with Crippen molar-refractivity contribution < 1.29 is 44.1 Å². The van der Waals surface area contributed by atoms with Gasteiger partial charge in [-0.3, -0.25) is 14.5 Å². The van der Waals surface area contributed by atoms with Crippen LogP contribution >= 0.6 is 22.6 Å². The Balaban J connectivity index is 1.37. The minimum Gasteiger partial charge on any atom is -0.504 e. The third kappa shape index (κ3) is 4.84. The number of hydrogen-bond donors (Lipinski definition) is 4. The number of anilines is 1. The number of halogens is 1. The molecular weight excluding hydrogens is 656 g/mol. The number of carbonyl (C=O) groups is 2. The molecule has 2 aliphatic heterocycles. The predicted octanol–water partition coefficient (Wildman–Crippen LogP) is 2.36. The number of para-hydroxylation sites is 1.